The number of benzene rings is 8. The number of hydrogen-bond donors (Lipinski definition) is 1. The second-order valence-electron chi connectivity index (χ2n) is 11.8. The first-order chi connectivity index (χ1) is 24.4. The van der Waals surface area contributed by atoms with Gasteiger partial charge in [0.15, 0.2) is 0 Å². The number of hydrogen-bond acceptors (Lipinski definition) is 1. The van der Waals surface area contributed by atoms with Gasteiger partial charge in [0.25, 0.3) is 0 Å². The molecule has 0 atom stereocenters. The maximum Gasteiger partial charge on any atom is 0.0653 e. The molecule has 0 radical (unpaired) electrons. The fourth-order valence-electron chi connectivity index (χ4n) is 7.81. The highest BCUT2D eigenvalue weighted by atomic mass is 32.1. The van der Waals surface area contributed by atoms with E-state index in [1.807, 2.05) is 22.8 Å². The van der Waals surface area contributed by atoms with Crippen LogP contribution in [0, 0.1) is 0 Å². The van der Waals surface area contributed by atoms with Crippen LogP contribution in [0.3, 0.4) is 0 Å². The van der Waals surface area contributed by atoms with Crippen molar-refractivity contribution in [2.75, 3.05) is 0 Å². The summed E-state index contributed by atoms with van der Waals surface area (Å²) in [5.41, 5.74) is 4.00. The monoisotopic (exact) mass is 593 g/mol. The molecule has 0 aliphatic rings. The van der Waals surface area contributed by atoms with E-state index in [0.717, 1.165) is 64.5 Å². The van der Waals surface area contributed by atoms with Crippen molar-refractivity contribution in [3.63, 3.8) is 0 Å². The predicted octanol–water partition coefficient (Wildman–Crippen LogP) is 12.2. The van der Waals surface area contributed by atoms with Gasteiger partial charge in [-0.25, -0.2) is 0 Å². The molecule has 3 heterocycles. The normalized spacial score (nSPS) is 14.0. The Balaban J connectivity index is 1.43. The molecule has 3 aromatic heterocycles. The number of rotatable bonds is 1. The number of nitrogens with one attached hydrogen (secondary N) is 1. The summed E-state index contributed by atoms with van der Waals surface area (Å²) >= 11 is 1.73. The first-order valence-electron chi connectivity index (χ1n) is 17.5. The molecular formula is C42H24N2S. The van der Waals surface area contributed by atoms with Crippen molar-refractivity contribution < 1.29 is 6.85 Å². The highest BCUT2D eigenvalue weighted by Gasteiger charge is 2.22. The predicted molar refractivity (Wildman–Crippen MR) is 196 cm³/mol. The second kappa shape index (κ2) is 8.50. The second-order valence-corrected chi connectivity index (χ2v) is 12.8. The number of nitrogens with zero attached hydrogens (tertiary/aromatic N) is 1. The third-order valence-corrected chi connectivity index (χ3v) is 10.7. The molecule has 0 spiro atoms. The van der Waals surface area contributed by atoms with Crippen LogP contribution in [0.1, 0.15) is 6.85 Å². The number of fused-ring (bicyclic) bond motifs is 18. The topological polar surface area (TPSA) is 20.7 Å². The molecule has 0 saturated heterocycles. The average Bonchev–Trinajstić information content (AvgIpc) is 3.83. The van der Waals surface area contributed by atoms with Crippen molar-refractivity contribution in [3.8, 4) is 5.69 Å². The van der Waals surface area contributed by atoms with Gasteiger partial charge in [-0.1, -0.05) is 109 Å². The molecule has 3 heteroatoms. The van der Waals surface area contributed by atoms with E-state index in [4.69, 9.17) is 6.85 Å². The van der Waals surface area contributed by atoms with E-state index in [2.05, 4.69) is 96.0 Å². The maximum absolute atomic E-state index is 9.12. The van der Waals surface area contributed by atoms with E-state index in [9.17, 15) is 0 Å². The minimum absolute atomic E-state index is 0.153. The Bertz CT molecular complexity index is 3300. The molecule has 1 N–H and O–H groups in total. The molecule has 45 heavy (non-hydrogen) atoms. The third kappa shape index (κ3) is 2.98. The molecule has 0 aliphatic heterocycles. The van der Waals surface area contributed by atoms with Gasteiger partial charge < -0.3 is 9.55 Å². The molecule has 0 fully saturated rings. The summed E-state index contributed by atoms with van der Waals surface area (Å²) in [6, 6.07) is 36.6. The minimum atomic E-state index is -0.402. The van der Waals surface area contributed by atoms with Crippen molar-refractivity contribution >= 4 is 107 Å². The third-order valence-electron chi connectivity index (χ3n) is 9.56. The van der Waals surface area contributed by atoms with E-state index in [0.29, 0.717) is 0 Å². The van der Waals surface area contributed by atoms with Gasteiger partial charge in [0.05, 0.1) is 28.1 Å². The summed E-state index contributed by atoms with van der Waals surface area (Å²) in [7, 11) is 0. The van der Waals surface area contributed by atoms with Crippen LogP contribution in [0.5, 0.6) is 0 Å². The summed E-state index contributed by atoms with van der Waals surface area (Å²) in [5.74, 6) is 0. The van der Waals surface area contributed by atoms with Gasteiger partial charge in [0.2, 0.25) is 0 Å². The Kier molecular flexibility index (Phi) is 3.70. The van der Waals surface area contributed by atoms with Crippen molar-refractivity contribution in [1.82, 2.24) is 9.55 Å². The molecule has 0 saturated carbocycles. The van der Waals surface area contributed by atoms with Gasteiger partial charge in [-0.2, -0.15) is 0 Å². The van der Waals surface area contributed by atoms with Crippen molar-refractivity contribution in [3.05, 3.63) is 139 Å². The van der Waals surface area contributed by atoms with Crippen LogP contribution in [0.25, 0.3) is 102 Å². The molecule has 2 nitrogen and oxygen atoms in total. The van der Waals surface area contributed by atoms with Crippen LogP contribution in [-0.2, 0) is 0 Å². The van der Waals surface area contributed by atoms with Crippen LogP contribution < -0.4 is 0 Å². The summed E-state index contributed by atoms with van der Waals surface area (Å²) in [6.45, 7) is 0. The van der Waals surface area contributed by atoms with Gasteiger partial charge in [0, 0.05) is 53.6 Å². The Hall–Kier alpha value is -5.64. The number of thiophene rings is 1. The minimum Gasteiger partial charge on any atom is -0.353 e. The molecule has 11 rings (SSSR count). The Morgan fingerprint density at radius 2 is 1.13 bits per heavy atom. The Labute approximate surface area is 268 Å². The molecular weight excluding hydrogens is 565 g/mol. The zero-order chi connectivity index (χ0) is 33.6. The zero-order valence-electron chi connectivity index (χ0n) is 28.7. The summed E-state index contributed by atoms with van der Waals surface area (Å²) in [4.78, 5) is 3.75. The van der Waals surface area contributed by atoms with Crippen LogP contribution in [0.2, 0.25) is 0 Å². The maximum atomic E-state index is 9.12. The van der Waals surface area contributed by atoms with E-state index < -0.39 is 6.04 Å². The first kappa shape index (κ1) is 19.6. The molecule has 0 bridgehead atoms. The molecule has 8 aromatic carbocycles. The number of aromatic amines is 1. The number of para-hydroxylation sites is 2. The molecule has 0 aliphatic carbocycles. The van der Waals surface area contributed by atoms with E-state index >= 15 is 0 Å². The van der Waals surface area contributed by atoms with Crippen LogP contribution in [-0.4, -0.2) is 9.55 Å². The smallest absolute Gasteiger partial charge is 0.0653 e. The standard InChI is InChI=1S/C42H24N2S/c1-2-12-24(13-3-1)44-35-23-36-33(22-32(35)38-27-16-6-4-14-25(27)26-15-5-9-19-30(26)41(38)44)39-29-18-8-7-17-28(29)37-31-20-10-11-21-34(31)43-40(37)42(39)45-36/h1-23,43H/i1D,2D,3D,12D,13D. The quantitative estimate of drug-likeness (QED) is 0.183. The summed E-state index contributed by atoms with van der Waals surface area (Å²) in [5, 5.41) is 13.3. The van der Waals surface area contributed by atoms with Crippen LogP contribution in [0.4, 0.5) is 0 Å². The first-order valence-corrected chi connectivity index (χ1v) is 15.9. The fraction of sp³-hybridized carbons (Fsp3) is 0. The molecule has 11 aromatic rings. The molecule has 0 amide bonds. The van der Waals surface area contributed by atoms with Crippen LogP contribution >= 0.6 is 11.3 Å². The fourth-order valence-corrected chi connectivity index (χ4v) is 9.05. The molecule has 208 valence electrons. The lowest BCUT2D eigenvalue weighted by Gasteiger charge is -2.12. The van der Waals surface area contributed by atoms with Gasteiger partial charge in [-0.3, -0.25) is 0 Å². The highest BCUT2D eigenvalue weighted by Crippen LogP contribution is 2.49. The highest BCUT2D eigenvalue weighted by molar-refractivity contribution is 7.27. The molecule has 0 unspecified atom stereocenters. The Morgan fingerprint density at radius 3 is 1.89 bits per heavy atom. The van der Waals surface area contributed by atoms with Crippen molar-refractivity contribution in [2.45, 2.75) is 0 Å². The summed E-state index contributed by atoms with van der Waals surface area (Å²) < 4.78 is 48.0. The van der Waals surface area contributed by atoms with Crippen molar-refractivity contribution in [1.29, 1.82) is 0 Å². The Morgan fingerprint density at radius 1 is 0.533 bits per heavy atom. The number of aromatic nitrogens is 2. The lowest BCUT2D eigenvalue weighted by Crippen LogP contribution is -1.94. The van der Waals surface area contributed by atoms with Gasteiger partial charge in [-0.05, 0) is 57.2 Å². The van der Waals surface area contributed by atoms with Crippen LogP contribution in [0.15, 0.2) is 139 Å². The van der Waals surface area contributed by atoms with Crippen molar-refractivity contribution in [2.24, 2.45) is 0 Å². The van der Waals surface area contributed by atoms with E-state index in [-0.39, 0.29) is 29.9 Å². The summed E-state index contributed by atoms with van der Waals surface area (Å²) in [6.07, 6.45) is 0. The number of H-pyrrole nitrogens is 1. The lowest BCUT2D eigenvalue weighted by atomic mass is 9.95. The average molecular weight is 594 g/mol. The zero-order valence-corrected chi connectivity index (χ0v) is 24.6. The van der Waals surface area contributed by atoms with Gasteiger partial charge >= 0.3 is 0 Å². The van der Waals surface area contributed by atoms with E-state index in [1.54, 1.807) is 11.3 Å². The largest absolute Gasteiger partial charge is 0.353 e. The SMILES string of the molecule is [2H]c1c([2H])c([2H])c(-n2c3cc4sc5c6[nH]c7ccccc7c6c6ccccc6c5c4cc3c3c4ccccc4c4ccccc4c32)c([2H])c1[2H]. The van der Waals surface area contributed by atoms with Gasteiger partial charge in [0.1, 0.15) is 0 Å². The van der Waals surface area contributed by atoms with E-state index in [1.165, 1.54) is 31.6 Å². The lowest BCUT2D eigenvalue weighted by molar-refractivity contribution is 1.19. The van der Waals surface area contributed by atoms with Gasteiger partial charge in [-0.15, -0.1) is 11.3 Å².